The molecule has 0 atom stereocenters. The largest absolute Gasteiger partial charge is 0.494 e. The standard InChI is InChI=1S/C28H28F2N2O2/c1-2-34-26-14-3-21(4-15-26)5-16-27(33)31-17-19-32(20-18-31)28(22-6-10-24(29)11-7-22)23-8-12-25(30)13-9-23/h3-16,28H,2,17-20H2,1H3. The van der Waals surface area contributed by atoms with Crippen molar-refractivity contribution in [1.82, 2.24) is 9.80 Å². The second-order valence-electron chi connectivity index (χ2n) is 8.20. The van der Waals surface area contributed by atoms with E-state index in [0.717, 1.165) is 22.4 Å². The molecule has 34 heavy (non-hydrogen) atoms. The van der Waals surface area contributed by atoms with Crippen LogP contribution in [0.1, 0.15) is 29.7 Å². The van der Waals surface area contributed by atoms with E-state index >= 15 is 0 Å². The van der Waals surface area contributed by atoms with Gasteiger partial charge in [-0.05, 0) is 66.1 Å². The van der Waals surface area contributed by atoms with Crippen molar-refractivity contribution >= 4 is 12.0 Å². The summed E-state index contributed by atoms with van der Waals surface area (Å²) in [6, 6.07) is 20.3. The molecule has 0 saturated carbocycles. The van der Waals surface area contributed by atoms with E-state index in [2.05, 4.69) is 4.90 Å². The third kappa shape index (κ3) is 5.88. The molecule has 0 aliphatic carbocycles. The van der Waals surface area contributed by atoms with Gasteiger partial charge in [-0.15, -0.1) is 0 Å². The third-order valence-electron chi connectivity index (χ3n) is 5.97. The predicted molar refractivity (Wildman–Crippen MR) is 129 cm³/mol. The highest BCUT2D eigenvalue weighted by Crippen LogP contribution is 2.30. The Labute approximate surface area is 199 Å². The summed E-state index contributed by atoms with van der Waals surface area (Å²) in [4.78, 5) is 16.8. The molecule has 176 valence electrons. The van der Waals surface area contributed by atoms with Gasteiger partial charge in [0, 0.05) is 32.3 Å². The first-order valence-electron chi connectivity index (χ1n) is 11.5. The second-order valence-corrected chi connectivity index (χ2v) is 8.20. The van der Waals surface area contributed by atoms with Crippen LogP contribution in [0.2, 0.25) is 0 Å². The number of amides is 1. The second kappa shape index (κ2) is 11.1. The Morgan fingerprint density at radius 1 is 0.853 bits per heavy atom. The quantitative estimate of drug-likeness (QED) is 0.446. The molecule has 6 heteroatoms. The van der Waals surface area contributed by atoms with E-state index in [4.69, 9.17) is 4.74 Å². The summed E-state index contributed by atoms with van der Waals surface area (Å²) in [6.45, 7) is 5.01. The number of ether oxygens (including phenoxy) is 1. The minimum atomic E-state index is -0.295. The predicted octanol–water partition coefficient (Wildman–Crippen LogP) is 5.31. The van der Waals surface area contributed by atoms with Gasteiger partial charge in [-0.2, -0.15) is 0 Å². The van der Waals surface area contributed by atoms with Crippen LogP contribution >= 0.6 is 0 Å². The van der Waals surface area contributed by atoms with E-state index in [9.17, 15) is 13.6 Å². The average Bonchev–Trinajstić information content (AvgIpc) is 2.86. The summed E-state index contributed by atoms with van der Waals surface area (Å²) in [6.07, 6.45) is 3.41. The zero-order chi connectivity index (χ0) is 23.9. The number of benzene rings is 3. The number of halogens is 2. The topological polar surface area (TPSA) is 32.8 Å². The molecule has 1 aliphatic rings. The fraction of sp³-hybridized carbons (Fsp3) is 0.250. The molecule has 3 aromatic carbocycles. The summed E-state index contributed by atoms with van der Waals surface area (Å²) >= 11 is 0. The van der Waals surface area contributed by atoms with Crippen LogP contribution in [0.15, 0.2) is 78.9 Å². The number of nitrogens with zero attached hydrogens (tertiary/aromatic N) is 2. The lowest BCUT2D eigenvalue weighted by Gasteiger charge is -2.39. The number of carbonyl (C=O) groups is 1. The van der Waals surface area contributed by atoms with Gasteiger partial charge in [0.2, 0.25) is 5.91 Å². The van der Waals surface area contributed by atoms with Crippen molar-refractivity contribution in [1.29, 1.82) is 0 Å². The SMILES string of the molecule is CCOc1ccc(C=CC(=O)N2CCN(C(c3ccc(F)cc3)c3ccc(F)cc3)CC2)cc1. The normalized spacial score (nSPS) is 14.6. The molecule has 1 aliphatic heterocycles. The Balaban J connectivity index is 1.42. The maximum Gasteiger partial charge on any atom is 0.246 e. The number of piperazine rings is 1. The van der Waals surface area contributed by atoms with Crippen molar-refractivity contribution in [2.45, 2.75) is 13.0 Å². The summed E-state index contributed by atoms with van der Waals surface area (Å²) in [5, 5.41) is 0. The van der Waals surface area contributed by atoms with Gasteiger partial charge in [-0.25, -0.2) is 8.78 Å². The maximum atomic E-state index is 13.5. The van der Waals surface area contributed by atoms with Gasteiger partial charge in [0.05, 0.1) is 12.6 Å². The van der Waals surface area contributed by atoms with E-state index in [1.165, 1.54) is 24.3 Å². The smallest absolute Gasteiger partial charge is 0.246 e. The van der Waals surface area contributed by atoms with Gasteiger partial charge >= 0.3 is 0 Å². The van der Waals surface area contributed by atoms with Gasteiger partial charge in [-0.1, -0.05) is 36.4 Å². The van der Waals surface area contributed by atoms with Gasteiger partial charge in [-0.3, -0.25) is 9.69 Å². The molecule has 0 aromatic heterocycles. The van der Waals surface area contributed by atoms with Gasteiger partial charge in [0.1, 0.15) is 17.4 Å². The lowest BCUT2D eigenvalue weighted by molar-refractivity contribution is -0.127. The highest BCUT2D eigenvalue weighted by Gasteiger charge is 2.27. The van der Waals surface area contributed by atoms with Crippen molar-refractivity contribution in [3.8, 4) is 5.75 Å². The van der Waals surface area contributed by atoms with Gasteiger partial charge < -0.3 is 9.64 Å². The van der Waals surface area contributed by atoms with Crippen molar-refractivity contribution in [2.75, 3.05) is 32.8 Å². The van der Waals surface area contributed by atoms with Gasteiger partial charge in [0.25, 0.3) is 0 Å². The minimum absolute atomic E-state index is 0.0337. The van der Waals surface area contributed by atoms with Crippen molar-refractivity contribution in [3.63, 3.8) is 0 Å². The van der Waals surface area contributed by atoms with E-state index in [1.807, 2.05) is 42.2 Å². The van der Waals surface area contributed by atoms with E-state index < -0.39 is 0 Å². The minimum Gasteiger partial charge on any atom is -0.494 e. The summed E-state index contributed by atoms with van der Waals surface area (Å²) in [5.74, 6) is 0.181. The summed E-state index contributed by atoms with van der Waals surface area (Å²) in [7, 11) is 0. The first-order valence-corrected chi connectivity index (χ1v) is 11.5. The summed E-state index contributed by atoms with van der Waals surface area (Å²) < 4.78 is 32.5. The lowest BCUT2D eigenvalue weighted by Crippen LogP contribution is -2.49. The molecule has 4 nitrogen and oxygen atoms in total. The van der Waals surface area contributed by atoms with Crippen LogP contribution in [-0.4, -0.2) is 48.5 Å². The summed E-state index contributed by atoms with van der Waals surface area (Å²) in [5.41, 5.74) is 2.80. The molecular formula is C28H28F2N2O2. The van der Waals surface area contributed by atoms with Crippen LogP contribution in [0, 0.1) is 11.6 Å². The Morgan fingerprint density at radius 2 is 1.38 bits per heavy atom. The first-order chi connectivity index (χ1) is 16.5. The van der Waals surface area contributed by atoms with E-state index in [-0.39, 0.29) is 23.6 Å². The highest BCUT2D eigenvalue weighted by molar-refractivity contribution is 5.91. The molecule has 0 unspecified atom stereocenters. The maximum absolute atomic E-state index is 13.5. The molecule has 0 spiro atoms. The molecule has 0 radical (unpaired) electrons. The molecular weight excluding hydrogens is 434 g/mol. The number of hydrogen-bond donors (Lipinski definition) is 0. The van der Waals surface area contributed by atoms with Crippen molar-refractivity contribution in [2.24, 2.45) is 0 Å². The lowest BCUT2D eigenvalue weighted by atomic mass is 9.96. The molecule has 4 rings (SSSR count). The Kier molecular flexibility index (Phi) is 7.70. The van der Waals surface area contributed by atoms with Crippen molar-refractivity contribution < 1.29 is 18.3 Å². The van der Waals surface area contributed by atoms with Crippen LogP contribution in [0.3, 0.4) is 0 Å². The molecule has 1 heterocycles. The molecule has 0 N–H and O–H groups in total. The first kappa shape index (κ1) is 23.6. The van der Waals surface area contributed by atoms with Crippen LogP contribution in [0.25, 0.3) is 6.08 Å². The molecule has 1 amide bonds. The zero-order valence-corrected chi connectivity index (χ0v) is 19.2. The zero-order valence-electron chi connectivity index (χ0n) is 19.2. The number of rotatable bonds is 7. The monoisotopic (exact) mass is 462 g/mol. The Hall–Kier alpha value is -3.51. The van der Waals surface area contributed by atoms with Crippen molar-refractivity contribution in [3.05, 3.63) is 107 Å². The molecule has 1 fully saturated rings. The molecule has 0 bridgehead atoms. The molecule has 3 aromatic rings. The van der Waals surface area contributed by atoms with Crippen LogP contribution < -0.4 is 4.74 Å². The number of carbonyl (C=O) groups excluding carboxylic acids is 1. The van der Waals surface area contributed by atoms with E-state index in [1.54, 1.807) is 30.3 Å². The van der Waals surface area contributed by atoms with E-state index in [0.29, 0.717) is 32.8 Å². The van der Waals surface area contributed by atoms with Gasteiger partial charge in [0.15, 0.2) is 0 Å². The average molecular weight is 463 g/mol. The molecule has 1 saturated heterocycles. The van der Waals surface area contributed by atoms with Crippen LogP contribution in [-0.2, 0) is 4.79 Å². The Bertz CT molecular complexity index is 1060. The van der Waals surface area contributed by atoms with Crippen LogP contribution in [0.5, 0.6) is 5.75 Å². The fourth-order valence-corrected chi connectivity index (χ4v) is 4.22. The fourth-order valence-electron chi connectivity index (χ4n) is 4.22. The Morgan fingerprint density at radius 3 is 1.88 bits per heavy atom. The van der Waals surface area contributed by atoms with Crippen LogP contribution in [0.4, 0.5) is 8.78 Å². The third-order valence-corrected chi connectivity index (χ3v) is 5.97. The highest BCUT2D eigenvalue weighted by atomic mass is 19.1. The number of hydrogen-bond acceptors (Lipinski definition) is 3.